The normalized spacial score (nSPS) is 12.5. The minimum atomic E-state index is -0.920. The van der Waals surface area contributed by atoms with Gasteiger partial charge in [0.05, 0.1) is 12.0 Å². The van der Waals surface area contributed by atoms with Crippen LogP contribution in [0.15, 0.2) is 24.3 Å². The molecule has 5 heteroatoms. The molecule has 1 unspecified atom stereocenters. The van der Waals surface area contributed by atoms with Gasteiger partial charge in [0, 0.05) is 0 Å². The lowest BCUT2D eigenvalue weighted by Crippen LogP contribution is -2.52. The van der Waals surface area contributed by atoms with Crippen LogP contribution in [0.4, 0.5) is 0 Å². The first-order chi connectivity index (χ1) is 10.3. The van der Waals surface area contributed by atoms with Gasteiger partial charge in [0.1, 0.15) is 5.75 Å². The number of carbonyl (C=O) groups excluding carboxylic acids is 1. The molecular formula is C17H25NO4. The Kier molecular flexibility index (Phi) is 6.40. The number of aliphatic carboxylic acids is 1. The highest BCUT2D eigenvalue weighted by Crippen LogP contribution is 2.21. The van der Waals surface area contributed by atoms with Crippen LogP contribution in [0.2, 0.25) is 0 Å². The molecule has 22 heavy (non-hydrogen) atoms. The molecule has 2 N–H and O–H groups in total. The van der Waals surface area contributed by atoms with Gasteiger partial charge in [0.25, 0.3) is 5.91 Å². The standard InChI is InChI=1S/C17H25NO4/c1-5-17(6-2,11-15(19)20)18-16(21)13(4)22-14-9-7-8-12(3)10-14/h7-10,13H,5-6,11H2,1-4H3,(H,18,21)(H,19,20). The number of nitrogens with one attached hydrogen (secondary N) is 1. The van der Waals surface area contributed by atoms with Crippen LogP contribution in [-0.2, 0) is 9.59 Å². The van der Waals surface area contributed by atoms with E-state index in [4.69, 9.17) is 9.84 Å². The molecule has 1 aromatic rings. The summed E-state index contributed by atoms with van der Waals surface area (Å²) in [6, 6.07) is 7.46. The lowest BCUT2D eigenvalue weighted by Gasteiger charge is -2.32. The monoisotopic (exact) mass is 307 g/mol. The fourth-order valence-electron chi connectivity index (χ4n) is 2.32. The highest BCUT2D eigenvalue weighted by molar-refractivity contribution is 5.82. The molecule has 1 aromatic carbocycles. The third-order valence-electron chi connectivity index (χ3n) is 3.90. The van der Waals surface area contributed by atoms with Crippen LogP contribution in [-0.4, -0.2) is 28.6 Å². The zero-order valence-electron chi connectivity index (χ0n) is 13.7. The van der Waals surface area contributed by atoms with Gasteiger partial charge in [-0.05, 0) is 44.4 Å². The van der Waals surface area contributed by atoms with Crippen LogP contribution in [0.3, 0.4) is 0 Å². The summed E-state index contributed by atoms with van der Waals surface area (Å²) in [4.78, 5) is 23.3. The Bertz CT molecular complexity index is 523. The Balaban J connectivity index is 2.74. The molecule has 0 heterocycles. The first-order valence-corrected chi connectivity index (χ1v) is 7.59. The predicted molar refractivity (Wildman–Crippen MR) is 85.0 cm³/mol. The first kappa shape index (κ1) is 18.0. The maximum Gasteiger partial charge on any atom is 0.305 e. The van der Waals surface area contributed by atoms with E-state index >= 15 is 0 Å². The number of hydrogen-bond donors (Lipinski definition) is 2. The molecule has 0 aliphatic heterocycles. The number of amides is 1. The topological polar surface area (TPSA) is 75.6 Å². The molecule has 0 saturated carbocycles. The van der Waals surface area contributed by atoms with Crippen molar-refractivity contribution in [1.29, 1.82) is 0 Å². The minimum Gasteiger partial charge on any atom is -0.481 e. The van der Waals surface area contributed by atoms with Crippen LogP contribution in [0.25, 0.3) is 0 Å². The van der Waals surface area contributed by atoms with E-state index in [1.54, 1.807) is 13.0 Å². The van der Waals surface area contributed by atoms with Crippen molar-refractivity contribution in [3.8, 4) is 5.75 Å². The number of benzene rings is 1. The molecule has 1 atom stereocenters. The average Bonchev–Trinajstić information content (AvgIpc) is 2.45. The maximum atomic E-state index is 12.3. The minimum absolute atomic E-state index is 0.0943. The fourth-order valence-corrected chi connectivity index (χ4v) is 2.32. The summed E-state index contributed by atoms with van der Waals surface area (Å²) >= 11 is 0. The maximum absolute atomic E-state index is 12.3. The Morgan fingerprint density at radius 2 is 1.95 bits per heavy atom. The molecule has 0 fully saturated rings. The summed E-state index contributed by atoms with van der Waals surface area (Å²) in [6.45, 7) is 7.36. The van der Waals surface area contributed by atoms with Crippen molar-refractivity contribution >= 4 is 11.9 Å². The number of aryl methyl sites for hydroxylation is 1. The molecule has 0 saturated heterocycles. The summed E-state index contributed by atoms with van der Waals surface area (Å²) in [7, 11) is 0. The van der Waals surface area contributed by atoms with E-state index in [0.717, 1.165) is 5.56 Å². The molecule has 5 nitrogen and oxygen atoms in total. The molecule has 0 radical (unpaired) electrons. The number of carboxylic acids is 1. The Hall–Kier alpha value is -2.04. The second kappa shape index (κ2) is 7.82. The van der Waals surface area contributed by atoms with E-state index in [9.17, 15) is 9.59 Å². The summed E-state index contributed by atoms with van der Waals surface area (Å²) in [5.74, 6) is -0.595. The van der Waals surface area contributed by atoms with E-state index in [-0.39, 0.29) is 12.3 Å². The zero-order valence-corrected chi connectivity index (χ0v) is 13.7. The first-order valence-electron chi connectivity index (χ1n) is 7.59. The van der Waals surface area contributed by atoms with Crippen LogP contribution in [0.5, 0.6) is 5.75 Å². The van der Waals surface area contributed by atoms with Crippen molar-refractivity contribution in [3.05, 3.63) is 29.8 Å². The highest BCUT2D eigenvalue weighted by Gasteiger charge is 2.32. The average molecular weight is 307 g/mol. The lowest BCUT2D eigenvalue weighted by atomic mass is 9.88. The van der Waals surface area contributed by atoms with Crippen LogP contribution in [0.1, 0.15) is 45.6 Å². The molecule has 1 rings (SSSR count). The van der Waals surface area contributed by atoms with Gasteiger partial charge in [0.15, 0.2) is 6.10 Å². The van der Waals surface area contributed by atoms with Crippen LogP contribution < -0.4 is 10.1 Å². The molecule has 0 aliphatic rings. The fraction of sp³-hybridized carbons (Fsp3) is 0.529. The van der Waals surface area contributed by atoms with E-state index in [1.807, 2.05) is 39.0 Å². The predicted octanol–water partition coefficient (Wildman–Crippen LogP) is 2.91. The second-order valence-corrected chi connectivity index (χ2v) is 5.62. The van der Waals surface area contributed by atoms with Gasteiger partial charge in [-0.15, -0.1) is 0 Å². The van der Waals surface area contributed by atoms with Crippen molar-refractivity contribution < 1.29 is 19.4 Å². The van der Waals surface area contributed by atoms with Crippen LogP contribution >= 0.6 is 0 Å². The Morgan fingerprint density at radius 1 is 1.32 bits per heavy atom. The van der Waals surface area contributed by atoms with Crippen molar-refractivity contribution in [2.45, 2.75) is 58.6 Å². The number of carbonyl (C=O) groups is 2. The highest BCUT2D eigenvalue weighted by atomic mass is 16.5. The summed E-state index contributed by atoms with van der Waals surface area (Å²) in [5, 5.41) is 11.9. The second-order valence-electron chi connectivity index (χ2n) is 5.62. The van der Waals surface area contributed by atoms with Gasteiger partial charge in [0.2, 0.25) is 0 Å². The van der Waals surface area contributed by atoms with Crippen molar-refractivity contribution in [2.24, 2.45) is 0 Å². The summed E-state index contributed by atoms with van der Waals surface area (Å²) < 4.78 is 5.64. The van der Waals surface area contributed by atoms with E-state index in [2.05, 4.69) is 5.32 Å². The quantitative estimate of drug-likeness (QED) is 0.774. The van der Waals surface area contributed by atoms with Crippen molar-refractivity contribution in [2.75, 3.05) is 0 Å². The third-order valence-corrected chi connectivity index (χ3v) is 3.90. The molecule has 0 bridgehead atoms. The molecule has 0 aliphatic carbocycles. The number of ether oxygens (including phenoxy) is 1. The number of rotatable bonds is 8. The van der Waals surface area contributed by atoms with Gasteiger partial charge in [-0.2, -0.15) is 0 Å². The van der Waals surface area contributed by atoms with Gasteiger partial charge in [-0.25, -0.2) is 0 Å². The Morgan fingerprint density at radius 3 is 2.45 bits per heavy atom. The zero-order chi connectivity index (χ0) is 16.8. The lowest BCUT2D eigenvalue weighted by molar-refractivity contribution is -0.139. The summed E-state index contributed by atoms with van der Waals surface area (Å²) in [5.41, 5.74) is 0.320. The molecule has 0 spiro atoms. The van der Waals surface area contributed by atoms with E-state index in [0.29, 0.717) is 18.6 Å². The number of hydrogen-bond acceptors (Lipinski definition) is 3. The van der Waals surface area contributed by atoms with Crippen LogP contribution in [0, 0.1) is 6.92 Å². The van der Waals surface area contributed by atoms with Crippen molar-refractivity contribution in [1.82, 2.24) is 5.32 Å². The Labute approximate surface area is 131 Å². The molecule has 0 aromatic heterocycles. The van der Waals surface area contributed by atoms with Crippen molar-refractivity contribution in [3.63, 3.8) is 0 Å². The number of carboxylic acid groups (broad SMARTS) is 1. The summed E-state index contributed by atoms with van der Waals surface area (Å²) in [6.07, 6.45) is 0.327. The third kappa shape index (κ3) is 5.06. The smallest absolute Gasteiger partial charge is 0.305 e. The van der Waals surface area contributed by atoms with Gasteiger partial charge in [-0.1, -0.05) is 26.0 Å². The van der Waals surface area contributed by atoms with Gasteiger partial charge < -0.3 is 15.2 Å². The van der Waals surface area contributed by atoms with Gasteiger partial charge in [-0.3, -0.25) is 9.59 Å². The SMILES string of the molecule is CCC(CC)(CC(=O)O)NC(=O)C(C)Oc1cccc(C)c1. The largest absolute Gasteiger partial charge is 0.481 e. The molecule has 1 amide bonds. The van der Waals surface area contributed by atoms with E-state index in [1.165, 1.54) is 0 Å². The molecule has 122 valence electrons. The van der Waals surface area contributed by atoms with E-state index < -0.39 is 17.6 Å². The molecular weight excluding hydrogens is 282 g/mol. The van der Waals surface area contributed by atoms with Gasteiger partial charge >= 0.3 is 5.97 Å².